The number of hydrogen-bond donors (Lipinski definition) is 2. The van der Waals surface area contributed by atoms with Crippen LogP contribution < -0.4 is 10.2 Å². The van der Waals surface area contributed by atoms with Crippen molar-refractivity contribution in [3.63, 3.8) is 0 Å². The SMILES string of the molecule is O=C(O)CNc1nccnc1N1CCCCC1. The van der Waals surface area contributed by atoms with Gasteiger partial charge in [0.05, 0.1) is 0 Å². The van der Waals surface area contributed by atoms with Crippen LogP contribution in [0.25, 0.3) is 0 Å². The molecule has 0 aromatic carbocycles. The molecule has 17 heavy (non-hydrogen) atoms. The molecular weight excluding hydrogens is 220 g/mol. The first-order valence-electron chi connectivity index (χ1n) is 5.79. The maximum Gasteiger partial charge on any atom is 0.322 e. The standard InChI is InChI=1S/C11H16N4O2/c16-9(17)8-14-10-11(13-5-4-12-10)15-6-2-1-3-7-15/h4-5H,1-3,6-8H2,(H,12,14)(H,16,17). The van der Waals surface area contributed by atoms with Gasteiger partial charge in [-0.15, -0.1) is 0 Å². The van der Waals surface area contributed by atoms with E-state index in [1.807, 2.05) is 0 Å². The molecule has 1 aromatic rings. The Hall–Kier alpha value is -1.85. The molecule has 2 rings (SSSR count). The minimum Gasteiger partial charge on any atom is -0.480 e. The van der Waals surface area contributed by atoms with Crippen LogP contribution in [0.4, 0.5) is 11.6 Å². The van der Waals surface area contributed by atoms with E-state index in [1.165, 1.54) is 6.42 Å². The predicted molar refractivity (Wildman–Crippen MR) is 64.2 cm³/mol. The van der Waals surface area contributed by atoms with Crippen molar-refractivity contribution in [2.75, 3.05) is 29.9 Å². The lowest BCUT2D eigenvalue weighted by atomic mass is 10.1. The molecule has 0 bridgehead atoms. The summed E-state index contributed by atoms with van der Waals surface area (Å²) < 4.78 is 0. The summed E-state index contributed by atoms with van der Waals surface area (Å²) in [4.78, 5) is 21.1. The smallest absolute Gasteiger partial charge is 0.322 e. The molecule has 1 aliphatic heterocycles. The Bertz CT molecular complexity index is 391. The van der Waals surface area contributed by atoms with Crippen LogP contribution >= 0.6 is 0 Å². The van der Waals surface area contributed by atoms with Gasteiger partial charge >= 0.3 is 5.97 Å². The van der Waals surface area contributed by atoms with Gasteiger partial charge in [0, 0.05) is 25.5 Å². The first kappa shape index (κ1) is 11.6. The number of carboxylic acid groups (broad SMARTS) is 1. The molecule has 0 atom stereocenters. The van der Waals surface area contributed by atoms with E-state index in [-0.39, 0.29) is 6.54 Å². The predicted octanol–water partition coefficient (Wildman–Crippen LogP) is 0.963. The Balaban J connectivity index is 2.11. The molecule has 0 spiro atoms. The first-order valence-corrected chi connectivity index (χ1v) is 5.79. The van der Waals surface area contributed by atoms with Gasteiger partial charge in [-0.25, -0.2) is 9.97 Å². The number of rotatable bonds is 4. The van der Waals surface area contributed by atoms with E-state index in [1.54, 1.807) is 12.4 Å². The first-order chi connectivity index (χ1) is 8.27. The van der Waals surface area contributed by atoms with Gasteiger partial charge in [0.15, 0.2) is 11.6 Å². The minimum absolute atomic E-state index is 0.139. The molecule has 6 heteroatoms. The zero-order valence-electron chi connectivity index (χ0n) is 9.59. The zero-order chi connectivity index (χ0) is 12.1. The second-order valence-corrected chi connectivity index (χ2v) is 4.02. The van der Waals surface area contributed by atoms with E-state index < -0.39 is 5.97 Å². The maximum absolute atomic E-state index is 10.5. The second kappa shape index (κ2) is 5.47. The van der Waals surface area contributed by atoms with Gasteiger partial charge < -0.3 is 15.3 Å². The molecule has 0 radical (unpaired) electrons. The van der Waals surface area contributed by atoms with Crippen molar-refractivity contribution < 1.29 is 9.90 Å². The highest BCUT2D eigenvalue weighted by Gasteiger charge is 2.16. The van der Waals surface area contributed by atoms with E-state index in [4.69, 9.17) is 5.11 Å². The number of carbonyl (C=O) groups is 1. The summed E-state index contributed by atoms with van der Waals surface area (Å²) in [5.41, 5.74) is 0. The fourth-order valence-electron chi connectivity index (χ4n) is 1.95. The molecule has 0 amide bonds. The number of piperidine rings is 1. The fourth-order valence-corrected chi connectivity index (χ4v) is 1.95. The highest BCUT2D eigenvalue weighted by molar-refractivity contribution is 5.74. The van der Waals surface area contributed by atoms with Crippen LogP contribution in [-0.2, 0) is 4.79 Å². The Morgan fingerprint density at radius 2 is 2.00 bits per heavy atom. The number of aromatic nitrogens is 2. The zero-order valence-corrected chi connectivity index (χ0v) is 9.59. The van der Waals surface area contributed by atoms with Crippen LogP contribution in [0.2, 0.25) is 0 Å². The number of nitrogens with one attached hydrogen (secondary N) is 1. The van der Waals surface area contributed by atoms with Crippen molar-refractivity contribution in [3.8, 4) is 0 Å². The van der Waals surface area contributed by atoms with Crippen LogP contribution in [0.5, 0.6) is 0 Å². The lowest BCUT2D eigenvalue weighted by Gasteiger charge is -2.28. The molecule has 1 aliphatic rings. The lowest BCUT2D eigenvalue weighted by molar-refractivity contribution is -0.134. The minimum atomic E-state index is -0.903. The van der Waals surface area contributed by atoms with Crippen LogP contribution in [0.3, 0.4) is 0 Å². The summed E-state index contributed by atoms with van der Waals surface area (Å²) in [6.07, 6.45) is 6.74. The average Bonchev–Trinajstić information content (AvgIpc) is 2.38. The maximum atomic E-state index is 10.5. The van der Waals surface area contributed by atoms with Gasteiger partial charge in [0.25, 0.3) is 0 Å². The van der Waals surface area contributed by atoms with Crippen molar-refractivity contribution in [3.05, 3.63) is 12.4 Å². The molecule has 0 saturated carbocycles. The molecule has 2 N–H and O–H groups in total. The van der Waals surface area contributed by atoms with Crippen LogP contribution in [-0.4, -0.2) is 40.7 Å². The summed E-state index contributed by atoms with van der Waals surface area (Å²) in [6, 6.07) is 0. The second-order valence-electron chi connectivity index (χ2n) is 4.02. The van der Waals surface area contributed by atoms with Gasteiger partial charge in [0.2, 0.25) is 0 Å². The van der Waals surface area contributed by atoms with Gasteiger partial charge in [-0.1, -0.05) is 0 Å². The van der Waals surface area contributed by atoms with Crippen molar-refractivity contribution in [2.24, 2.45) is 0 Å². The molecule has 1 fully saturated rings. The fraction of sp³-hybridized carbons (Fsp3) is 0.545. The van der Waals surface area contributed by atoms with Gasteiger partial charge in [0.1, 0.15) is 6.54 Å². The molecule has 1 saturated heterocycles. The van der Waals surface area contributed by atoms with Crippen LogP contribution in [0.15, 0.2) is 12.4 Å². The number of aliphatic carboxylic acids is 1. The summed E-state index contributed by atoms with van der Waals surface area (Å²) in [6.45, 7) is 1.78. The number of hydrogen-bond acceptors (Lipinski definition) is 5. The van der Waals surface area contributed by atoms with Gasteiger partial charge in [-0.05, 0) is 19.3 Å². The Labute approximate surface area is 99.7 Å². The third-order valence-corrected chi connectivity index (χ3v) is 2.74. The molecule has 92 valence electrons. The summed E-state index contributed by atoms with van der Waals surface area (Å²) >= 11 is 0. The third kappa shape index (κ3) is 3.05. The molecule has 6 nitrogen and oxygen atoms in total. The van der Waals surface area contributed by atoms with E-state index in [9.17, 15) is 4.79 Å². The van der Waals surface area contributed by atoms with Gasteiger partial charge in [-0.3, -0.25) is 4.79 Å². The molecular formula is C11H16N4O2. The van der Waals surface area contributed by atoms with Crippen molar-refractivity contribution >= 4 is 17.6 Å². The quantitative estimate of drug-likeness (QED) is 0.810. The van der Waals surface area contributed by atoms with E-state index >= 15 is 0 Å². The van der Waals surface area contributed by atoms with Crippen LogP contribution in [0.1, 0.15) is 19.3 Å². The Kier molecular flexibility index (Phi) is 3.74. The molecule has 1 aromatic heterocycles. The largest absolute Gasteiger partial charge is 0.480 e. The van der Waals surface area contributed by atoms with Crippen molar-refractivity contribution in [1.82, 2.24) is 9.97 Å². The molecule has 0 unspecified atom stereocenters. The van der Waals surface area contributed by atoms with Crippen molar-refractivity contribution in [2.45, 2.75) is 19.3 Å². The van der Waals surface area contributed by atoms with Gasteiger partial charge in [-0.2, -0.15) is 0 Å². The summed E-state index contributed by atoms with van der Waals surface area (Å²) in [7, 11) is 0. The number of carboxylic acids is 1. The summed E-state index contributed by atoms with van der Waals surface area (Å²) in [5.74, 6) is 0.408. The van der Waals surface area contributed by atoms with Crippen LogP contribution in [0, 0.1) is 0 Å². The topological polar surface area (TPSA) is 78.3 Å². The normalized spacial score (nSPS) is 15.6. The Morgan fingerprint density at radius 1 is 1.29 bits per heavy atom. The lowest BCUT2D eigenvalue weighted by Crippen LogP contribution is -2.31. The Morgan fingerprint density at radius 3 is 2.71 bits per heavy atom. The number of anilines is 2. The highest BCUT2D eigenvalue weighted by Crippen LogP contribution is 2.23. The average molecular weight is 236 g/mol. The molecule has 2 heterocycles. The van der Waals surface area contributed by atoms with E-state index in [0.29, 0.717) is 5.82 Å². The molecule has 0 aliphatic carbocycles. The number of nitrogens with zero attached hydrogens (tertiary/aromatic N) is 3. The van der Waals surface area contributed by atoms with E-state index in [0.717, 1.165) is 31.7 Å². The monoisotopic (exact) mass is 236 g/mol. The highest BCUT2D eigenvalue weighted by atomic mass is 16.4. The van der Waals surface area contributed by atoms with Crippen molar-refractivity contribution in [1.29, 1.82) is 0 Å². The van der Waals surface area contributed by atoms with E-state index in [2.05, 4.69) is 20.2 Å². The third-order valence-electron chi connectivity index (χ3n) is 2.74. The summed E-state index contributed by atoms with van der Waals surface area (Å²) in [5, 5.41) is 11.4.